The SMILES string of the molecule is CCCCC(CCCC)COc1ccc(NC)cn1. The highest BCUT2D eigenvalue weighted by Gasteiger charge is 2.09. The minimum Gasteiger partial charge on any atom is -0.477 e. The molecule has 0 unspecified atom stereocenters. The average Bonchev–Trinajstić information content (AvgIpc) is 2.47. The molecule has 0 aromatic carbocycles. The van der Waals surface area contributed by atoms with Gasteiger partial charge < -0.3 is 10.1 Å². The molecule has 0 aliphatic heterocycles. The van der Waals surface area contributed by atoms with Gasteiger partial charge in [-0.1, -0.05) is 39.5 Å². The van der Waals surface area contributed by atoms with Crippen molar-refractivity contribution in [2.45, 2.75) is 52.4 Å². The maximum atomic E-state index is 5.82. The topological polar surface area (TPSA) is 34.1 Å². The van der Waals surface area contributed by atoms with E-state index in [-0.39, 0.29) is 0 Å². The Balaban J connectivity index is 2.39. The first-order valence-corrected chi connectivity index (χ1v) is 7.56. The molecule has 3 nitrogen and oxygen atoms in total. The number of ether oxygens (including phenoxy) is 1. The Hall–Kier alpha value is -1.25. The van der Waals surface area contributed by atoms with Gasteiger partial charge in [0.05, 0.1) is 18.5 Å². The van der Waals surface area contributed by atoms with E-state index in [1.54, 1.807) is 0 Å². The van der Waals surface area contributed by atoms with Crippen molar-refractivity contribution < 1.29 is 4.74 Å². The van der Waals surface area contributed by atoms with Crippen molar-refractivity contribution >= 4 is 5.69 Å². The van der Waals surface area contributed by atoms with E-state index >= 15 is 0 Å². The normalized spacial score (nSPS) is 10.7. The van der Waals surface area contributed by atoms with Gasteiger partial charge in [0.25, 0.3) is 0 Å². The number of nitrogens with one attached hydrogen (secondary N) is 1. The maximum Gasteiger partial charge on any atom is 0.213 e. The van der Waals surface area contributed by atoms with Gasteiger partial charge in [0, 0.05) is 13.1 Å². The van der Waals surface area contributed by atoms with Crippen molar-refractivity contribution in [2.24, 2.45) is 5.92 Å². The van der Waals surface area contributed by atoms with Crippen molar-refractivity contribution in [3.8, 4) is 5.88 Å². The molecule has 1 rings (SSSR count). The van der Waals surface area contributed by atoms with Gasteiger partial charge >= 0.3 is 0 Å². The fraction of sp³-hybridized carbons (Fsp3) is 0.688. The molecule has 0 radical (unpaired) electrons. The summed E-state index contributed by atoms with van der Waals surface area (Å²) < 4.78 is 5.82. The van der Waals surface area contributed by atoms with Crippen LogP contribution in [0.5, 0.6) is 5.88 Å². The molecule has 0 spiro atoms. The Morgan fingerprint density at radius 1 is 1.16 bits per heavy atom. The number of pyridine rings is 1. The van der Waals surface area contributed by atoms with Crippen molar-refractivity contribution in [2.75, 3.05) is 19.0 Å². The number of hydrogen-bond acceptors (Lipinski definition) is 3. The number of aromatic nitrogens is 1. The predicted molar refractivity (Wildman–Crippen MR) is 81.8 cm³/mol. The molecule has 0 saturated carbocycles. The highest BCUT2D eigenvalue weighted by atomic mass is 16.5. The van der Waals surface area contributed by atoms with Gasteiger partial charge in [-0.15, -0.1) is 0 Å². The van der Waals surface area contributed by atoms with E-state index in [9.17, 15) is 0 Å². The second-order valence-electron chi connectivity index (χ2n) is 5.10. The molecular weight excluding hydrogens is 236 g/mol. The molecule has 0 atom stereocenters. The molecule has 1 aromatic heterocycles. The Morgan fingerprint density at radius 2 is 1.84 bits per heavy atom. The smallest absolute Gasteiger partial charge is 0.213 e. The summed E-state index contributed by atoms with van der Waals surface area (Å²) in [5, 5.41) is 3.06. The van der Waals surface area contributed by atoms with Crippen molar-refractivity contribution in [3.63, 3.8) is 0 Å². The van der Waals surface area contributed by atoms with Crippen LogP contribution in [0.3, 0.4) is 0 Å². The van der Waals surface area contributed by atoms with Crippen molar-refractivity contribution in [1.82, 2.24) is 4.98 Å². The Bertz CT molecular complexity index is 316. The molecule has 0 aliphatic carbocycles. The zero-order chi connectivity index (χ0) is 13.9. The van der Waals surface area contributed by atoms with Gasteiger partial charge in [0.1, 0.15) is 0 Å². The third kappa shape index (κ3) is 6.46. The average molecular weight is 264 g/mol. The highest BCUT2D eigenvalue weighted by Crippen LogP contribution is 2.18. The summed E-state index contributed by atoms with van der Waals surface area (Å²) in [5.41, 5.74) is 1.01. The molecule has 3 heteroatoms. The minimum absolute atomic E-state index is 0.672. The number of anilines is 1. The lowest BCUT2D eigenvalue weighted by atomic mass is 9.97. The molecule has 0 fully saturated rings. The fourth-order valence-corrected chi connectivity index (χ4v) is 2.11. The van der Waals surface area contributed by atoms with Gasteiger partial charge in [-0.3, -0.25) is 0 Å². The number of rotatable bonds is 10. The third-order valence-corrected chi connectivity index (χ3v) is 3.42. The highest BCUT2D eigenvalue weighted by molar-refractivity contribution is 5.40. The molecule has 1 aromatic rings. The summed E-state index contributed by atoms with van der Waals surface area (Å²) in [5.74, 6) is 1.41. The van der Waals surface area contributed by atoms with Crippen LogP contribution in [0.2, 0.25) is 0 Å². The van der Waals surface area contributed by atoms with E-state index in [0.717, 1.165) is 18.2 Å². The van der Waals surface area contributed by atoms with Crippen LogP contribution in [0.15, 0.2) is 18.3 Å². The molecule has 1 N–H and O–H groups in total. The molecule has 108 valence electrons. The van der Waals surface area contributed by atoms with Crippen LogP contribution >= 0.6 is 0 Å². The molecule has 0 amide bonds. The second kappa shape index (κ2) is 9.65. The third-order valence-electron chi connectivity index (χ3n) is 3.42. The van der Waals surface area contributed by atoms with Gasteiger partial charge in [0.15, 0.2) is 0 Å². The second-order valence-corrected chi connectivity index (χ2v) is 5.10. The number of unbranched alkanes of at least 4 members (excludes halogenated alkanes) is 2. The lowest BCUT2D eigenvalue weighted by Crippen LogP contribution is -2.13. The molecule has 19 heavy (non-hydrogen) atoms. The lowest BCUT2D eigenvalue weighted by Gasteiger charge is -2.16. The van der Waals surface area contributed by atoms with Crippen LogP contribution < -0.4 is 10.1 Å². The van der Waals surface area contributed by atoms with Crippen LogP contribution in [0, 0.1) is 5.92 Å². The van der Waals surface area contributed by atoms with E-state index in [1.165, 1.54) is 38.5 Å². The van der Waals surface area contributed by atoms with Gasteiger partial charge in [-0.05, 0) is 24.8 Å². The van der Waals surface area contributed by atoms with Crippen LogP contribution in [-0.4, -0.2) is 18.6 Å². The molecule has 1 heterocycles. The van der Waals surface area contributed by atoms with Crippen LogP contribution in [-0.2, 0) is 0 Å². The first kappa shape index (κ1) is 15.8. The standard InChI is InChI=1S/C16H28N2O/c1-4-6-8-14(9-7-5-2)13-19-16-11-10-15(17-3)12-18-16/h10-12,14,17H,4-9,13H2,1-3H3. The summed E-state index contributed by atoms with van der Waals surface area (Å²) in [4.78, 5) is 4.30. The molecular formula is C16H28N2O. The van der Waals surface area contributed by atoms with Crippen LogP contribution in [0.25, 0.3) is 0 Å². The van der Waals surface area contributed by atoms with Gasteiger partial charge in [0.2, 0.25) is 5.88 Å². The minimum atomic E-state index is 0.672. The van der Waals surface area contributed by atoms with E-state index in [0.29, 0.717) is 5.92 Å². The summed E-state index contributed by atoms with van der Waals surface area (Å²) in [6.45, 7) is 5.29. The Kier molecular flexibility index (Phi) is 8.03. The predicted octanol–water partition coefficient (Wildman–Crippen LogP) is 4.50. The monoisotopic (exact) mass is 264 g/mol. The van der Waals surface area contributed by atoms with Crippen LogP contribution in [0.4, 0.5) is 5.69 Å². The van der Waals surface area contributed by atoms with E-state index in [1.807, 2.05) is 25.4 Å². The molecule has 0 bridgehead atoms. The Morgan fingerprint density at radius 3 is 2.32 bits per heavy atom. The summed E-state index contributed by atoms with van der Waals surface area (Å²) in [6, 6.07) is 3.93. The maximum absolute atomic E-state index is 5.82. The Labute approximate surface area is 117 Å². The van der Waals surface area contributed by atoms with E-state index in [2.05, 4.69) is 24.1 Å². The van der Waals surface area contributed by atoms with Crippen molar-refractivity contribution in [1.29, 1.82) is 0 Å². The summed E-state index contributed by atoms with van der Waals surface area (Å²) in [7, 11) is 1.89. The summed E-state index contributed by atoms with van der Waals surface area (Å²) in [6.07, 6.45) is 9.46. The first-order chi connectivity index (χ1) is 9.30. The lowest BCUT2D eigenvalue weighted by molar-refractivity contribution is 0.219. The number of hydrogen-bond donors (Lipinski definition) is 1. The van der Waals surface area contributed by atoms with E-state index in [4.69, 9.17) is 4.74 Å². The fourth-order valence-electron chi connectivity index (χ4n) is 2.11. The van der Waals surface area contributed by atoms with Gasteiger partial charge in [-0.2, -0.15) is 0 Å². The summed E-state index contributed by atoms with van der Waals surface area (Å²) >= 11 is 0. The van der Waals surface area contributed by atoms with Crippen molar-refractivity contribution in [3.05, 3.63) is 18.3 Å². The largest absolute Gasteiger partial charge is 0.477 e. The first-order valence-electron chi connectivity index (χ1n) is 7.56. The van der Waals surface area contributed by atoms with Crippen LogP contribution in [0.1, 0.15) is 52.4 Å². The van der Waals surface area contributed by atoms with E-state index < -0.39 is 0 Å². The molecule has 0 aliphatic rings. The quantitative estimate of drug-likeness (QED) is 0.675. The van der Waals surface area contributed by atoms with Gasteiger partial charge in [-0.25, -0.2) is 4.98 Å². The number of nitrogens with zero attached hydrogens (tertiary/aromatic N) is 1. The zero-order valence-electron chi connectivity index (χ0n) is 12.6. The zero-order valence-corrected chi connectivity index (χ0v) is 12.6. The molecule has 0 saturated heterocycles.